The molecule has 1 heterocycles. The van der Waals surface area contributed by atoms with Gasteiger partial charge in [-0.3, -0.25) is 10.1 Å². The van der Waals surface area contributed by atoms with Gasteiger partial charge in [-0.15, -0.1) is 24.0 Å². The molecule has 3 N–H and O–H groups in total. The highest BCUT2D eigenvalue weighted by molar-refractivity contribution is 14.0. The smallest absolute Gasteiger partial charge is 0.191 e. The molecule has 0 saturated carbocycles. The van der Waals surface area contributed by atoms with Gasteiger partial charge in [0.05, 0.1) is 12.2 Å². The van der Waals surface area contributed by atoms with Crippen molar-refractivity contribution in [1.29, 1.82) is 0 Å². The summed E-state index contributed by atoms with van der Waals surface area (Å²) in [7, 11) is 1.78. The van der Waals surface area contributed by atoms with Crippen LogP contribution in [0.3, 0.4) is 0 Å². The quantitative estimate of drug-likeness (QED) is 0.267. The highest BCUT2D eigenvalue weighted by atomic mass is 127. The largest absolute Gasteiger partial charge is 0.356 e. The predicted octanol–water partition coefficient (Wildman–Crippen LogP) is 3.45. The van der Waals surface area contributed by atoms with Crippen molar-refractivity contribution in [3.8, 4) is 0 Å². The third-order valence-corrected chi connectivity index (χ3v) is 3.81. The zero-order valence-electron chi connectivity index (χ0n) is 14.7. The molecule has 5 nitrogen and oxygen atoms in total. The summed E-state index contributed by atoms with van der Waals surface area (Å²) in [5.41, 5.74) is 3.82. The maximum Gasteiger partial charge on any atom is 0.191 e. The Kier molecular flexibility index (Phi) is 9.44. The van der Waals surface area contributed by atoms with Gasteiger partial charge in [0, 0.05) is 19.8 Å². The van der Waals surface area contributed by atoms with Crippen LogP contribution < -0.4 is 10.6 Å². The first-order valence-electron chi connectivity index (χ1n) is 8.20. The number of aryl methyl sites for hydroxylation is 1. The molecular weight excluding hydrogens is 413 g/mol. The minimum Gasteiger partial charge on any atom is -0.356 e. The van der Waals surface area contributed by atoms with Gasteiger partial charge in [-0.2, -0.15) is 5.10 Å². The predicted molar refractivity (Wildman–Crippen MR) is 111 cm³/mol. The molecule has 0 saturated heterocycles. The molecule has 1 aromatic heterocycles. The second-order valence-electron chi connectivity index (χ2n) is 5.93. The Hall–Kier alpha value is -1.57. The lowest BCUT2D eigenvalue weighted by Crippen LogP contribution is -2.37. The lowest BCUT2D eigenvalue weighted by molar-refractivity contribution is 0.736. The van der Waals surface area contributed by atoms with Crippen LogP contribution in [0.15, 0.2) is 41.5 Å². The molecule has 0 radical (unpaired) electrons. The summed E-state index contributed by atoms with van der Waals surface area (Å²) in [5.74, 6) is 1.41. The highest BCUT2D eigenvalue weighted by Crippen LogP contribution is 2.15. The molecule has 132 valence electrons. The van der Waals surface area contributed by atoms with E-state index in [0.717, 1.165) is 31.0 Å². The summed E-state index contributed by atoms with van der Waals surface area (Å²) < 4.78 is 0. The first-order valence-corrected chi connectivity index (χ1v) is 8.20. The van der Waals surface area contributed by atoms with E-state index in [1.54, 1.807) is 13.2 Å². The first-order chi connectivity index (χ1) is 11.2. The Morgan fingerprint density at radius 3 is 2.50 bits per heavy atom. The molecular formula is C18H28IN5. The normalized spacial score (nSPS) is 11.2. The van der Waals surface area contributed by atoms with Crippen LogP contribution in [0.4, 0.5) is 0 Å². The molecule has 2 rings (SSSR count). The van der Waals surface area contributed by atoms with Crippen molar-refractivity contribution in [3.63, 3.8) is 0 Å². The number of benzene rings is 1. The topological polar surface area (TPSA) is 65.1 Å². The third kappa shape index (κ3) is 6.90. The number of guanidine groups is 1. The number of aromatic amines is 1. The van der Waals surface area contributed by atoms with Crippen molar-refractivity contribution < 1.29 is 0 Å². The summed E-state index contributed by atoms with van der Waals surface area (Å²) in [6.07, 6.45) is 3.90. The van der Waals surface area contributed by atoms with Crippen LogP contribution in [0.5, 0.6) is 0 Å². The Morgan fingerprint density at radius 2 is 1.92 bits per heavy atom. The number of aliphatic imine (C=N–C) groups is 1. The van der Waals surface area contributed by atoms with E-state index in [-0.39, 0.29) is 24.0 Å². The van der Waals surface area contributed by atoms with E-state index in [1.165, 1.54) is 11.1 Å². The fourth-order valence-electron chi connectivity index (χ4n) is 2.35. The number of H-pyrrole nitrogens is 1. The molecule has 6 heteroatoms. The number of nitrogens with one attached hydrogen (secondary N) is 3. The van der Waals surface area contributed by atoms with Crippen molar-refractivity contribution in [2.75, 3.05) is 13.6 Å². The van der Waals surface area contributed by atoms with E-state index in [2.05, 4.69) is 63.9 Å². The van der Waals surface area contributed by atoms with Gasteiger partial charge in [0.2, 0.25) is 0 Å². The van der Waals surface area contributed by atoms with Gasteiger partial charge in [0.25, 0.3) is 0 Å². The maximum atomic E-state index is 4.22. The number of halogens is 1. The second kappa shape index (κ2) is 11.1. The van der Waals surface area contributed by atoms with Gasteiger partial charge in [0.1, 0.15) is 0 Å². The van der Waals surface area contributed by atoms with Gasteiger partial charge in [-0.1, -0.05) is 38.1 Å². The fraction of sp³-hybridized carbons (Fsp3) is 0.444. The molecule has 0 aliphatic heterocycles. The average molecular weight is 441 g/mol. The third-order valence-electron chi connectivity index (χ3n) is 3.81. The number of hydrogen-bond acceptors (Lipinski definition) is 2. The molecule has 0 spiro atoms. The van der Waals surface area contributed by atoms with Crippen LogP contribution >= 0.6 is 24.0 Å². The summed E-state index contributed by atoms with van der Waals surface area (Å²) in [6, 6.07) is 10.9. The number of rotatable bonds is 7. The molecule has 24 heavy (non-hydrogen) atoms. The molecule has 0 amide bonds. The van der Waals surface area contributed by atoms with Crippen molar-refractivity contribution in [1.82, 2.24) is 20.8 Å². The molecule has 0 aliphatic carbocycles. The number of nitrogens with zero attached hydrogens (tertiary/aromatic N) is 2. The van der Waals surface area contributed by atoms with Gasteiger partial charge in [-0.05, 0) is 36.0 Å². The number of aromatic nitrogens is 2. The van der Waals surface area contributed by atoms with E-state index in [1.807, 2.05) is 6.07 Å². The van der Waals surface area contributed by atoms with Gasteiger partial charge >= 0.3 is 0 Å². The van der Waals surface area contributed by atoms with E-state index >= 15 is 0 Å². The van der Waals surface area contributed by atoms with Crippen molar-refractivity contribution >= 4 is 29.9 Å². The fourth-order valence-corrected chi connectivity index (χ4v) is 2.35. The van der Waals surface area contributed by atoms with E-state index < -0.39 is 0 Å². The van der Waals surface area contributed by atoms with Crippen molar-refractivity contribution in [2.24, 2.45) is 4.99 Å². The SMILES string of the molecule is CN=C(NCCCc1ccc(C(C)C)cc1)NCc1ccn[nH]1.I. The minimum atomic E-state index is 0. The molecule has 2 aromatic rings. The Balaban J connectivity index is 0.00000288. The molecule has 0 fully saturated rings. The Bertz CT molecular complexity index is 590. The van der Waals surface area contributed by atoms with Crippen LogP contribution in [-0.4, -0.2) is 29.7 Å². The molecule has 0 bridgehead atoms. The van der Waals surface area contributed by atoms with Gasteiger partial charge < -0.3 is 10.6 Å². The summed E-state index contributed by atoms with van der Waals surface area (Å²) in [6.45, 7) is 6.03. The Morgan fingerprint density at radius 1 is 1.17 bits per heavy atom. The molecule has 0 unspecified atom stereocenters. The Labute approximate surface area is 161 Å². The first kappa shape index (κ1) is 20.5. The van der Waals surface area contributed by atoms with Crippen LogP contribution in [0.25, 0.3) is 0 Å². The summed E-state index contributed by atoms with van der Waals surface area (Å²) >= 11 is 0. The number of hydrogen-bond donors (Lipinski definition) is 3. The molecule has 1 aromatic carbocycles. The lowest BCUT2D eigenvalue weighted by atomic mass is 10.0. The summed E-state index contributed by atoms with van der Waals surface area (Å²) in [5, 5.41) is 13.4. The van der Waals surface area contributed by atoms with E-state index in [4.69, 9.17) is 0 Å². The summed E-state index contributed by atoms with van der Waals surface area (Å²) in [4.78, 5) is 4.22. The van der Waals surface area contributed by atoms with E-state index in [9.17, 15) is 0 Å². The second-order valence-corrected chi connectivity index (χ2v) is 5.93. The zero-order valence-corrected chi connectivity index (χ0v) is 17.0. The van der Waals surface area contributed by atoms with E-state index in [0.29, 0.717) is 12.5 Å². The van der Waals surface area contributed by atoms with Crippen LogP contribution in [0, 0.1) is 0 Å². The van der Waals surface area contributed by atoms with Gasteiger partial charge in [-0.25, -0.2) is 0 Å². The lowest BCUT2D eigenvalue weighted by Gasteiger charge is -2.11. The van der Waals surface area contributed by atoms with Crippen molar-refractivity contribution in [2.45, 2.75) is 39.2 Å². The molecule has 0 atom stereocenters. The highest BCUT2D eigenvalue weighted by Gasteiger charge is 2.01. The van der Waals surface area contributed by atoms with Crippen LogP contribution in [0.1, 0.15) is 43.0 Å². The molecule has 0 aliphatic rings. The van der Waals surface area contributed by atoms with Gasteiger partial charge in [0.15, 0.2) is 5.96 Å². The standard InChI is InChI=1S/C18H27N5.HI/c1-14(2)16-8-6-15(7-9-16)5-4-11-20-18(19-3)21-13-17-10-12-22-23-17;/h6-10,12,14H,4-5,11,13H2,1-3H3,(H,22,23)(H2,19,20,21);1H. The maximum absolute atomic E-state index is 4.22. The van der Waals surface area contributed by atoms with Crippen LogP contribution in [-0.2, 0) is 13.0 Å². The monoisotopic (exact) mass is 441 g/mol. The van der Waals surface area contributed by atoms with Crippen molar-refractivity contribution in [3.05, 3.63) is 53.3 Å². The average Bonchev–Trinajstić information content (AvgIpc) is 3.08. The van der Waals surface area contributed by atoms with Crippen LogP contribution in [0.2, 0.25) is 0 Å². The minimum absolute atomic E-state index is 0. The zero-order chi connectivity index (χ0) is 16.5.